The van der Waals surface area contributed by atoms with Gasteiger partial charge in [0.05, 0.1) is 0 Å². The van der Waals surface area contributed by atoms with Crippen molar-refractivity contribution in [2.75, 3.05) is 45.8 Å². The summed E-state index contributed by atoms with van der Waals surface area (Å²) in [6, 6.07) is 0.732. The molecule has 0 amide bonds. The summed E-state index contributed by atoms with van der Waals surface area (Å²) < 4.78 is 0. The monoisotopic (exact) mass is 269 g/mol. The van der Waals surface area contributed by atoms with Gasteiger partial charge in [-0.05, 0) is 58.5 Å². The highest BCUT2D eigenvalue weighted by Gasteiger charge is 2.14. The van der Waals surface area contributed by atoms with Crippen LogP contribution >= 0.6 is 0 Å². The van der Waals surface area contributed by atoms with Crippen molar-refractivity contribution in [3.63, 3.8) is 0 Å². The fourth-order valence-corrected chi connectivity index (χ4v) is 3.00. The van der Waals surface area contributed by atoms with E-state index in [4.69, 9.17) is 0 Å². The molecule has 1 aliphatic rings. The minimum absolute atomic E-state index is 0.732. The Balaban J connectivity index is 2.20. The lowest BCUT2D eigenvalue weighted by molar-refractivity contribution is 0.223. The highest BCUT2D eigenvalue weighted by molar-refractivity contribution is 4.74. The predicted molar refractivity (Wildman–Crippen MR) is 84.8 cm³/mol. The van der Waals surface area contributed by atoms with Gasteiger partial charge < -0.3 is 15.1 Å². The van der Waals surface area contributed by atoms with Crippen molar-refractivity contribution in [3.05, 3.63) is 0 Å². The number of hydrogen-bond donors (Lipinski definition) is 1. The summed E-state index contributed by atoms with van der Waals surface area (Å²) in [5, 5.41) is 3.72. The number of nitrogens with zero attached hydrogens (tertiary/aromatic N) is 2. The first kappa shape index (κ1) is 16.9. The van der Waals surface area contributed by atoms with Crippen LogP contribution in [0.3, 0.4) is 0 Å². The Morgan fingerprint density at radius 3 is 2.26 bits per heavy atom. The van der Waals surface area contributed by atoms with E-state index < -0.39 is 0 Å². The summed E-state index contributed by atoms with van der Waals surface area (Å²) in [5.41, 5.74) is 0. The molecular formula is C16H35N3. The van der Waals surface area contributed by atoms with Crippen molar-refractivity contribution in [1.29, 1.82) is 0 Å². The summed E-state index contributed by atoms with van der Waals surface area (Å²) >= 11 is 0. The molecule has 0 spiro atoms. The molecule has 3 nitrogen and oxygen atoms in total. The lowest BCUT2D eigenvalue weighted by atomic mass is 10.1. The molecular weight excluding hydrogens is 234 g/mol. The average Bonchev–Trinajstić information content (AvgIpc) is 2.71. The van der Waals surface area contributed by atoms with Crippen molar-refractivity contribution in [2.24, 2.45) is 0 Å². The Morgan fingerprint density at radius 1 is 0.895 bits per heavy atom. The van der Waals surface area contributed by atoms with Crippen molar-refractivity contribution >= 4 is 0 Å². The van der Waals surface area contributed by atoms with Crippen molar-refractivity contribution in [3.8, 4) is 0 Å². The van der Waals surface area contributed by atoms with E-state index >= 15 is 0 Å². The minimum atomic E-state index is 0.732. The predicted octanol–water partition coefficient (Wildman–Crippen LogP) is 2.57. The molecule has 1 heterocycles. The Labute approximate surface area is 120 Å². The third-order valence-electron chi connectivity index (χ3n) is 4.43. The Bertz CT molecular complexity index is 196. The van der Waals surface area contributed by atoms with Crippen LogP contribution in [0.15, 0.2) is 0 Å². The van der Waals surface area contributed by atoms with Gasteiger partial charge in [0.2, 0.25) is 0 Å². The van der Waals surface area contributed by atoms with Gasteiger partial charge in [0.1, 0.15) is 0 Å². The fraction of sp³-hybridized carbons (Fsp3) is 1.00. The Kier molecular flexibility index (Phi) is 9.48. The molecule has 1 aliphatic heterocycles. The van der Waals surface area contributed by atoms with E-state index in [1.165, 1.54) is 77.9 Å². The first-order chi connectivity index (χ1) is 9.30. The van der Waals surface area contributed by atoms with Crippen LogP contribution in [0.1, 0.15) is 52.9 Å². The van der Waals surface area contributed by atoms with E-state index in [9.17, 15) is 0 Å². The molecule has 1 N–H and O–H groups in total. The first-order valence-corrected chi connectivity index (χ1v) is 8.48. The number of likely N-dealkylation sites (N-methyl/N-ethyl adjacent to an activating group) is 1. The van der Waals surface area contributed by atoms with E-state index in [-0.39, 0.29) is 0 Å². The van der Waals surface area contributed by atoms with Crippen LogP contribution in [-0.2, 0) is 0 Å². The zero-order chi connectivity index (χ0) is 13.9. The van der Waals surface area contributed by atoms with Crippen LogP contribution in [0, 0.1) is 0 Å². The Morgan fingerprint density at radius 2 is 1.58 bits per heavy atom. The molecule has 0 aromatic carbocycles. The van der Waals surface area contributed by atoms with Crippen molar-refractivity contribution in [1.82, 2.24) is 15.1 Å². The molecule has 1 rings (SSSR count). The zero-order valence-corrected chi connectivity index (χ0v) is 13.5. The SMILES string of the molecule is CCN(CC)CCCN(CC)CC1CCCCCN1. The molecule has 0 aromatic heterocycles. The average molecular weight is 269 g/mol. The van der Waals surface area contributed by atoms with E-state index in [0.717, 1.165) is 6.04 Å². The Hall–Kier alpha value is -0.120. The lowest BCUT2D eigenvalue weighted by Crippen LogP contribution is -2.41. The highest BCUT2D eigenvalue weighted by atomic mass is 15.2. The van der Waals surface area contributed by atoms with Crippen LogP contribution in [-0.4, -0.2) is 61.7 Å². The maximum Gasteiger partial charge on any atom is 0.0195 e. The summed E-state index contributed by atoms with van der Waals surface area (Å²) in [7, 11) is 0. The van der Waals surface area contributed by atoms with E-state index in [0.29, 0.717) is 0 Å². The molecule has 1 fully saturated rings. The second kappa shape index (κ2) is 10.6. The molecule has 0 aliphatic carbocycles. The van der Waals surface area contributed by atoms with Gasteiger partial charge in [-0.1, -0.05) is 33.6 Å². The number of rotatable bonds is 9. The zero-order valence-electron chi connectivity index (χ0n) is 13.5. The van der Waals surface area contributed by atoms with Crippen LogP contribution in [0.4, 0.5) is 0 Å². The standard InChI is InChI=1S/C16H35N3/c1-4-18(5-2)13-10-14-19(6-3)15-16-11-8-7-9-12-17-16/h16-17H,4-15H2,1-3H3. The van der Waals surface area contributed by atoms with Crippen LogP contribution in [0.2, 0.25) is 0 Å². The molecule has 0 saturated carbocycles. The maximum atomic E-state index is 3.72. The van der Waals surface area contributed by atoms with E-state index in [1.54, 1.807) is 0 Å². The van der Waals surface area contributed by atoms with Gasteiger partial charge >= 0.3 is 0 Å². The van der Waals surface area contributed by atoms with E-state index in [1.807, 2.05) is 0 Å². The quantitative estimate of drug-likeness (QED) is 0.694. The van der Waals surface area contributed by atoms with Crippen molar-refractivity contribution in [2.45, 2.75) is 58.9 Å². The first-order valence-electron chi connectivity index (χ1n) is 8.48. The highest BCUT2D eigenvalue weighted by Crippen LogP contribution is 2.10. The van der Waals surface area contributed by atoms with Crippen LogP contribution < -0.4 is 5.32 Å². The molecule has 0 bridgehead atoms. The summed E-state index contributed by atoms with van der Waals surface area (Å²) in [5.74, 6) is 0. The molecule has 0 aromatic rings. The van der Waals surface area contributed by atoms with Gasteiger partial charge in [0, 0.05) is 12.6 Å². The summed E-state index contributed by atoms with van der Waals surface area (Å²) in [4.78, 5) is 5.16. The maximum absolute atomic E-state index is 3.72. The summed E-state index contributed by atoms with van der Waals surface area (Å²) in [6.45, 7) is 15.4. The fourth-order valence-electron chi connectivity index (χ4n) is 3.00. The molecule has 1 unspecified atom stereocenters. The molecule has 1 atom stereocenters. The van der Waals surface area contributed by atoms with Gasteiger partial charge in [0.15, 0.2) is 0 Å². The smallest absolute Gasteiger partial charge is 0.0195 e. The number of hydrogen-bond acceptors (Lipinski definition) is 3. The van der Waals surface area contributed by atoms with E-state index in [2.05, 4.69) is 35.9 Å². The van der Waals surface area contributed by atoms with Crippen LogP contribution in [0.5, 0.6) is 0 Å². The third-order valence-corrected chi connectivity index (χ3v) is 4.43. The van der Waals surface area contributed by atoms with Gasteiger partial charge in [-0.25, -0.2) is 0 Å². The van der Waals surface area contributed by atoms with Crippen LogP contribution in [0.25, 0.3) is 0 Å². The van der Waals surface area contributed by atoms with Gasteiger partial charge in [-0.15, -0.1) is 0 Å². The molecule has 114 valence electrons. The molecule has 3 heteroatoms. The molecule has 0 radical (unpaired) electrons. The second-order valence-electron chi connectivity index (χ2n) is 5.77. The van der Waals surface area contributed by atoms with Crippen molar-refractivity contribution < 1.29 is 0 Å². The largest absolute Gasteiger partial charge is 0.313 e. The second-order valence-corrected chi connectivity index (χ2v) is 5.77. The minimum Gasteiger partial charge on any atom is -0.313 e. The third kappa shape index (κ3) is 7.28. The normalized spacial score (nSPS) is 21.0. The topological polar surface area (TPSA) is 18.5 Å². The van der Waals surface area contributed by atoms with Gasteiger partial charge in [0.25, 0.3) is 0 Å². The lowest BCUT2D eigenvalue weighted by Gasteiger charge is -2.27. The number of nitrogens with one attached hydrogen (secondary N) is 1. The van der Waals surface area contributed by atoms with Gasteiger partial charge in [-0.2, -0.15) is 0 Å². The van der Waals surface area contributed by atoms with Gasteiger partial charge in [-0.3, -0.25) is 0 Å². The summed E-state index contributed by atoms with van der Waals surface area (Å²) in [6.07, 6.45) is 6.87. The molecule has 19 heavy (non-hydrogen) atoms. The molecule has 1 saturated heterocycles.